The topological polar surface area (TPSA) is 102 Å². The van der Waals surface area contributed by atoms with Gasteiger partial charge in [0.2, 0.25) is 0 Å². The lowest BCUT2D eigenvalue weighted by Gasteiger charge is -2.32. The molecule has 0 aliphatic carbocycles. The Kier molecular flexibility index (Phi) is 6.40. The zero-order valence-corrected chi connectivity index (χ0v) is 14.6. The molecule has 1 heterocycles. The number of non-ortho nitro benzene ring substituents is 1. The summed E-state index contributed by atoms with van der Waals surface area (Å²) in [5.41, 5.74) is 0.00628. The van der Waals surface area contributed by atoms with Gasteiger partial charge in [0.15, 0.2) is 5.11 Å². The van der Waals surface area contributed by atoms with Gasteiger partial charge < -0.3 is 9.64 Å². The summed E-state index contributed by atoms with van der Waals surface area (Å²) in [7, 11) is 0. The summed E-state index contributed by atoms with van der Waals surface area (Å²) in [5, 5.41) is 13.6. The van der Waals surface area contributed by atoms with Crippen molar-refractivity contribution in [1.82, 2.24) is 10.2 Å². The van der Waals surface area contributed by atoms with E-state index in [2.05, 4.69) is 5.32 Å². The lowest BCUT2D eigenvalue weighted by molar-refractivity contribution is -0.384. The first-order chi connectivity index (χ1) is 11.9. The monoisotopic (exact) mass is 365 g/mol. The number of hydrogen-bond donors (Lipinski definition) is 1. The SMILES string of the molecule is CCOC(=O)C1CCN(C(=S)NC(=O)c2cccc([N+](=O)[O-])c2)CC1. The Hall–Kier alpha value is -2.55. The number of carbonyl (C=O) groups is 2. The Balaban J connectivity index is 1.90. The standard InChI is InChI=1S/C16H19N3O5S/c1-2-24-15(21)11-6-8-18(9-7-11)16(25)17-14(20)12-4-3-5-13(10-12)19(22)23/h3-5,10-11H,2,6-9H2,1H3,(H,17,20,25). The molecule has 0 bridgehead atoms. The van der Waals surface area contributed by atoms with Crippen molar-refractivity contribution in [2.24, 2.45) is 5.92 Å². The van der Waals surface area contributed by atoms with Crippen LogP contribution in [0.5, 0.6) is 0 Å². The quantitative estimate of drug-likeness (QED) is 0.376. The molecule has 0 saturated carbocycles. The van der Waals surface area contributed by atoms with Crippen LogP contribution in [0, 0.1) is 16.0 Å². The summed E-state index contributed by atoms with van der Waals surface area (Å²) < 4.78 is 5.01. The molecule has 25 heavy (non-hydrogen) atoms. The minimum atomic E-state index is -0.560. The van der Waals surface area contributed by atoms with Crippen LogP contribution in [0.15, 0.2) is 24.3 Å². The van der Waals surface area contributed by atoms with E-state index in [0.717, 1.165) is 0 Å². The fourth-order valence-electron chi connectivity index (χ4n) is 2.59. The molecule has 1 N–H and O–H groups in total. The van der Waals surface area contributed by atoms with Crippen LogP contribution < -0.4 is 5.32 Å². The van der Waals surface area contributed by atoms with Gasteiger partial charge >= 0.3 is 5.97 Å². The highest BCUT2D eigenvalue weighted by atomic mass is 32.1. The summed E-state index contributed by atoms with van der Waals surface area (Å²) in [6.45, 7) is 3.21. The van der Waals surface area contributed by atoms with Gasteiger partial charge in [-0.2, -0.15) is 0 Å². The highest BCUT2D eigenvalue weighted by Crippen LogP contribution is 2.19. The van der Waals surface area contributed by atoms with E-state index in [0.29, 0.717) is 32.5 Å². The molecule has 8 nitrogen and oxygen atoms in total. The number of benzene rings is 1. The maximum atomic E-state index is 12.2. The third-order valence-electron chi connectivity index (χ3n) is 3.94. The molecule has 1 aliphatic heterocycles. The third-order valence-corrected chi connectivity index (χ3v) is 4.30. The van der Waals surface area contributed by atoms with Crippen molar-refractivity contribution in [1.29, 1.82) is 0 Å². The first-order valence-electron chi connectivity index (χ1n) is 7.93. The minimum Gasteiger partial charge on any atom is -0.466 e. The molecule has 1 aliphatic rings. The van der Waals surface area contributed by atoms with E-state index < -0.39 is 10.8 Å². The summed E-state index contributed by atoms with van der Waals surface area (Å²) >= 11 is 5.23. The predicted molar refractivity (Wildman–Crippen MR) is 94.1 cm³/mol. The van der Waals surface area contributed by atoms with Crippen molar-refractivity contribution in [3.8, 4) is 0 Å². The molecule has 0 radical (unpaired) electrons. The number of thiocarbonyl (C=S) groups is 1. The van der Waals surface area contributed by atoms with Crippen molar-refractivity contribution in [2.45, 2.75) is 19.8 Å². The van der Waals surface area contributed by atoms with Crippen molar-refractivity contribution in [3.63, 3.8) is 0 Å². The number of nitro groups is 1. The Morgan fingerprint density at radius 2 is 2.08 bits per heavy atom. The van der Waals surface area contributed by atoms with Crippen LogP contribution in [-0.2, 0) is 9.53 Å². The van der Waals surface area contributed by atoms with Gasteiger partial charge in [0.1, 0.15) is 0 Å². The van der Waals surface area contributed by atoms with Gasteiger partial charge in [-0.15, -0.1) is 0 Å². The normalized spacial score (nSPS) is 14.7. The van der Waals surface area contributed by atoms with Crippen LogP contribution in [0.4, 0.5) is 5.69 Å². The summed E-state index contributed by atoms with van der Waals surface area (Å²) in [6, 6.07) is 5.44. The number of amides is 1. The second kappa shape index (κ2) is 8.52. The Morgan fingerprint density at radius 1 is 1.40 bits per heavy atom. The van der Waals surface area contributed by atoms with E-state index in [1.165, 1.54) is 24.3 Å². The molecule has 1 aromatic rings. The number of carbonyl (C=O) groups excluding carboxylic acids is 2. The van der Waals surface area contributed by atoms with Crippen LogP contribution in [-0.4, -0.2) is 46.5 Å². The molecule has 1 amide bonds. The number of hydrogen-bond acceptors (Lipinski definition) is 6. The van der Waals surface area contributed by atoms with Gasteiger partial charge in [-0.3, -0.25) is 25.0 Å². The largest absolute Gasteiger partial charge is 0.466 e. The Morgan fingerprint density at radius 3 is 2.68 bits per heavy atom. The van der Waals surface area contributed by atoms with E-state index in [9.17, 15) is 19.7 Å². The number of esters is 1. The first-order valence-corrected chi connectivity index (χ1v) is 8.34. The van der Waals surface area contributed by atoms with Gasteiger partial charge in [-0.05, 0) is 38.0 Å². The van der Waals surface area contributed by atoms with E-state index in [4.69, 9.17) is 17.0 Å². The molecule has 0 spiro atoms. The number of nitro benzene ring substituents is 1. The highest BCUT2D eigenvalue weighted by Gasteiger charge is 2.27. The molecule has 0 aromatic heterocycles. The van der Waals surface area contributed by atoms with Crippen molar-refractivity contribution in [2.75, 3.05) is 19.7 Å². The molecule has 1 saturated heterocycles. The first kappa shape index (κ1) is 18.8. The minimum absolute atomic E-state index is 0.147. The zero-order chi connectivity index (χ0) is 18.4. The van der Waals surface area contributed by atoms with Crippen LogP contribution in [0.1, 0.15) is 30.1 Å². The summed E-state index contributed by atoms with van der Waals surface area (Å²) in [4.78, 5) is 36.0. The maximum absolute atomic E-state index is 12.2. The molecular weight excluding hydrogens is 346 g/mol. The van der Waals surface area contributed by atoms with Crippen LogP contribution >= 0.6 is 12.2 Å². The number of ether oxygens (including phenoxy) is 1. The number of nitrogens with one attached hydrogen (secondary N) is 1. The van der Waals surface area contributed by atoms with Crippen LogP contribution in [0.3, 0.4) is 0 Å². The molecule has 2 rings (SSSR count). The molecule has 1 fully saturated rings. The van der Waals surface area contributed by atoms with E-state index in [1.807, 2.05) is 0 Å². The number of likely N-dealkylation sites (tertiary alicyclic amines) is 1. The van der Waals surface area contributed by atoms with Crippen molar-refractivity contribution >= 4 is 34.9 Å². The number of nitrogens with zero attached hydrogens (tertiary/aromatic N) is 2. The van der Waals surface area contributed by atoms with Gasteiger partial charge in [-0.25, -0.2) is 0 Å². The molecule has 1 aromatic carbocycles. The average molecular weight is 365 g/mol. The van der Waals surface area contributed by atoms with Gasteiger partial charge in [-0.1, -0.05) is 6.07 Å². The van der Waals surface area contributed by atoms with E-state index >= 15 is 0 Å². The van der Waals surface area contributed by atoms with Crippen molar-refractivity contribution < 1.29 is 19.2 Å². The number of rotatable bonds is 4. The van der Waals surface area contributed by atoms with Crippen LogP contribution in [0.25, 0.3) is 0 Å². The molecule has 134 valence electrons. The lowest BCUT2D eigenvalue weighted by Crippen LogP contribution is -2.47. The Bertz CT molecular complexity index is 686. The fourth-order valence-corrected chi connectivity index (χ4v) is 2.86. The van der Waals surface area contributed by atoms with E-state index in [-0.39, 0.29) is 28.3 Å². The second-order valence-corrected chi connectivity index (χ2v) is 5.97. The van der Waals surface area contributed by atoms with Gasteiger partial charge in [0.25, 0.3) is 11.6 Å². The van der Waals surface area contributed by atoms with Gasteiger partial charge in [0.05, 0.1) is 17.4 Å². The fraction of sp³-hybridized carbons (Fsp3) is 0.438. The van der Waals surface area contributed by atoms with Crippen molar-refractivity contribution in [3.05, 3.63) is 39.9 Å². The zero-order valence-electron chi connectivity index (χ0n) is 13.8. The molecule has 0 unspecified atom stereocenters. The number of piperidine rings is 1. The molecule has 0 atom stereocenters. The highest BCUT2D eigenvalue weighted by molar-refractivity contribution is 7.80. The smallest absolute Gasteiger partial charge is 0.309 e. The average Bonchev–Trinajstić information content (AvgIpc) is 2.62. The lowest BCUT2D eigenvalue weighted by atomic mass is 9.97. The van der Waals surface area contributed by atoms with Crippen LogP contribution in [0.2, 0.25) is 0 Å². The summed E-state index contributed by atoms with van der Waals surface area (Å²) in [5.74, 6) is -0.846. The Labute approximate surface area is 150 Å². The maximum Gasteiger partial charge on any atom is 0.309 e. The van der Waals surface area contributed by atoms with Gasteiger partial charge in [0, 0.05) is 30.8 Å². The molecule has 9 heteroatoms. The third kappa shape index (κ3) is 4.96. The predicted octanol–water partition coefficient (Wildman–Crippen LogP) is 1.88. The summed E-state index contributed by atoms with van der Waals surface area (Å²) in [6.07, 6.45) is 1.21. The second-order valence-electron chi connectivity index (χ2n) is 5.58. The molecular formula is C16H19N3O5S. The van der Waals surface area contributed by atoms with E-state index in [1.54, 1.807) is 11.8 Å².